The van der Waals surface area contributed by atoms with Crippen molar-refractivity contribution in [2.75, 3.05) is 4.90 Å². The number of benzene rings is 2. The van der Waals surface area contributed by atoms with Crippen LogP contribution in [0.1, 0.15) is 45.0 Å². The summed E-state index contributed by atoms with van der Waals surface area (Å²) in [7, 11) is 0. The Labute approximate surface area is 178 Å². The van der Waals surface area contributed by atoms with Gasteiger partial charge in [-0.05, 0) is 44.0 Å². The molecule has 1 aromatic heterocycles. The topological polar surface area (TPSA) is 87.0 Å². The van der Waals surface area contributed by atoms with E-state index in [4.69, 9.17) is 0 Å². The number of aryl methyl sites for hydroxylation is 1. The fourth-order valence-corrected chi connectivity index (χ4v) is 4.34. The number of hydrogen-bond donors (Lipinski definition) is 1. The van der Waals surface area contributed by atoms with Gasteiger partial charge < -0.3 is 10.0 Å². The monoisotopic (exact) mass is 422 g/mol. The standard InChI is InChI=1S/C23H22N2O4S/c1-14(2)25(22(26)18-10-9-15(3)11-17(18)13-24-29)19-12-20(30-21(19)23(27)28)16-7-5-4-6-8-16/h4-12,14H,13H2,1-3H3,(H,27,28). The van der Waals surface area contributed by atoms with Crippen molar-refractivity contribution in [2.24, 2.45) is 5.18 Å². The molecule has 3 rings (SSSR count). The molecule has 0 bridgehead atoms. The summed E-state index contributed by atoms with van der Waals surface area (Å²) in [6.45, 7) is 5.40. The molecule has 0 saturated heterocycles. The number of carboxylic acids is 1. The highest BCUT2D eigenvalue weighted by Crippen LogP contribution is 2.38. The highest BCUT2D eigenvalue weighted by Gasteiger charge is 2.29. The predicted octanol–water partition coefficient (Wildman–Crippen LogP) is 5.74. The fourth-order valence-electron chi connectivity index (χ4n) is 3.34. The number of amides is 1. The molecule has 0 aliphatic heterocycles. The van der Waals surface area contributed by atoms with Gasteiger partial charge in [-0.3, -0.25) is 4.79 Å². The summed E-state index contributed by atoms with van der Waals surface area (Å²) >= 11 is 1.13. The van der Waals surface area contributed by atoms with Crippen LogP contribution in [0.25, 0.3) is 10.4 Å². The smallest absolute Gasteiger partial charge is 0.348 e. The Bertz CT molecular complexity index is 1090. The third-order valence-electron chi connectivity index (χ3n) is 4.69. The van der Waals surface area contributed by atoms with Crippen LogP contribution in [-0.2, 0) is 6.54 Å². The number of anilines is 1. The maximum absolute atomic E-state index is 13.5. The van der Waals surface area contributed by atoms with Crippen molar-refractivity contribution in [1.82, 2.24) is 0 Å². The Balaban J connectivity index is 2.14. The van der Waals surface area contributed by atoms with Crippen molar-refractivity contribution in [3.8, 4) is 10.4 Å². The maximum Gasteiger partial charge on any atom is 0.348 e. The average molecular weight is 423 g/mol. The van der Waals surface area contributed by atoms with E-state index in [0.717, 1.165) is 27.3 Å². The molecular weight excluding hydrogens is 400 g/mol. The van der Waals surface area contributed by atoms with E-state index in [-0.39, 0.29) is 23.4 Å². The molecule has 1 N–H and O–H groups in total. The predicted molar refractivity (Wildman–Crippen MR) is 119 cm³/mol. The molecule has 7 heteroatoms. The summed E-state index contributed by atoms with van der Waals surface area (Å²) in [6.07, 6.45) is 0. The minimum Gasteiger partial charge on any atom is -0.477 e. The summed E-state index contributed by atoms with van der Waals surface area (Å²) in [5.41, 5.74) is 3.01. The number of rotatable bonds is 7. The van der Waals surface area contributed by atoms with E-state index in [0.29, 0.717) is 16.8 Å². The van der Waals surface area contributed by atoms with E-state index < -0.39 is 5.97 Å². The lowest BCUT2D eigenvalue weighted by Crippen LogP contribution is -2.38. The largest absolute Gasteiger partial charge is 0.477 e. The second-order valence-corrected chi connectivity index (χ2v) is 8.27. The summed E-state index contributed by atoms with van der Waals surface area (Å²) in [5.74, 6) is -1.45. The van der Waals surface area contributed by atoms with Gasteiger partial charge in [0.15, 0.2) is 0 Å². The van der Waals surface area contributed by atoms with E-state index in [9.17, 15) is 19.6 Å². The van der Waals surface area contributed by atoms with E-state index in [2.05, 4.69) is 5.18 Å². The first kappa shape index (κ1) is 21.4. The van der Waals surface area contributed by atoms with Gasteiger partial charge in [0.25, 0.3) is 5.91 Å². The van der Waals surface area contributed by atoms with Crippen molar-refractivity contribution in [3.05, 3.63) is 81.1 Å². The zero-order valence-electron chi connectivity index (χ0n) is 17.0. The van der Waals surface area contributed by atoms with Crippen LogP contribution in [0.3, 0.4) is 0 Å². The molecule has 30 heavy (non-hydrogen) atoms. The number of aromatic carboxylic acids is 1. The fraction of sp³-hybridized carbons (Fsp3) is 0.217. The molecule has 0 aliphatic rings. The first-order chi connectivity index (χ1) is 14.3. The summed E-state index contributed by atoms with van der Waals surface area (Å²) in [5, 5.41) is 12.7. The van der Waals surface area contributed by atoms with Crippen LogP contribution >= 0.6 is 11.3 Å². The first-order valence-corrected chi connectivity index (χ1v) is 10.3. The number of thiophene rings is 1. The molecule has 2 aromatic carbocycles. The summed E-state index contributed by atoms with van der Waals surface area (Å²) in [4.78, 5) is 38.7. The van der Waals surface area contributed by atoms with Crippen molar-refractivity contribution in [1.29, 1.82) is 0 Å². The minimum atomic E-state index is -1.09. The number of carbonyl (C=O) groups excluding carboxylic acids is 1. The average Bonchev–Trinajstić information content (AvgIpc) is 3.14. The van der Waals surface area contributed by atoms with Crippen LogP contribution in [-0.4, -0.2) is 23.0 Å². The molecule has 1 heterocycles. The van der Waals surface area contributed by atoms with Gasteiger partial charge in [0, 0.05) is 16.5 Å². The molecule has 6 nitrogen and oxygen atoms in total. The minimum absolute atomic E-state index is 0.0954. The Morgan fingerprint density at radius 3 is 2.40 bits per heavy atom. The zero-order chi connectivity index (χ0) is 21.8. The van der Waals surface area contributed by atoms with Crippen LogP contribution in [0.15, 0.2) is 59.8 Å². The molecule has 0 atom stereocenters. The van der Waals surface area contributed by atoms with E-state index in [1.807, 2.05) is 51.1 Å². The molecular formula is C23H22N2O4S. The maximum atomic E-state index is 13.5. The van der Waals surface area contributed by atoms with Crippen LogP contribution in [0.2, 0.25) is 0 Å². The van der Waals surface area contributed by atoms with Gasteiger partial charge >= 0.3 is 5.97 Å². The SMILES string of the molecule is Cc1ccc(C(=O)N(c2cc(-c3ccccc3)sc2C(=O)O)C(C)C)c(CN=O)c1. The number of nitroso groups, excluding NO2 is 1. The molecule has 0 saturated carbocycles. The van der Waals surface area contributed by atoms with Gasteiger partial charge in [-0.1, -0.05) is 53.2 Å². The Morgan fingerprint density at radius 1 is 1.10 bits per heavy atom. The highest BCUT2D eigenvalue weighted by molar-refractivity contribution is 7.18. The van der Waals surface area contributed by atoms with Crippen molar-refractivity contribution >= 4 is 28.9 Å². The summed E-state index contributed by atoms with van der Waals surface area (Å²) < 4.78 is 0. The Kier molecular flexibility index (Phi) is 6.42. The molecule has 0 spiro atoms. The Morgan fingerprint density at radius 2 is 1.80 bits per heavy atom. The van der Waals surface area contributed by atoms with Crippen LogP contribution in [0.4, 0.5) is 5.69 Å². The quantitative estimate of drug-likeness (QED) is 0.492. The van der Waals surface area contributed by atoms with Gasteiger partial charge in [-0.2, -0.15) is 4.91 Å². The van der Waals surface area contributed by atoms with Gasteiger partial charge in [0.1, 0.15) is 11.4 Å². The second kappa shape index (κ2) is 9.00. The van der Waals surface area contributed by atoms with E-state index in [1.54, 1.807) is 24.3 Å². The van der Waals surface area contributed by atoms with E-state index >= 15 is 0 Å². The normalized spacial score (nSPS) is 10.8. The third kappa shape index (κ3) is 4.31. The first-order valence-electron chi connectivity index (χ1n) is 9.48. The third-order valence-corrected chi connectivity index (χ3v) is 5.85. The van der Waals surface area contributed by atoms with Gasteiger partial charge in [-0.25, -0.2) is 4.79 Å². The molecule has 0 radical (unpaired) electrons. The van der Waals surface area contributed by atoms with Crippen LogP contribution in [0, 0.1) is 11.8 Å². The van der Waals surface area contributed by atoms with Gasteiger partial charge in [0.05, 0.1) is 5.69 Å². The number of carbonyl (C=O) groups is 2. The van der Waals surface area contributed by atoms with Crippen LogP contribution < -0.4 is 4.90 Å². The molecule has 0 fully saturated rings. The highest BCUT2D eigenvalue weighted by atomic mass is 32.1. The number of hydrogen-bond acceptors (Lipinski definition) is 5. The molecule has 1 amide bonds. The molecule has 0 aliphatic carbocycles. The van der Waals surface area contributed by atoms with Gasteiger partial charge in [0.2, 0.25) is 0 Å². The second-order valence-electron chi connectivity index (χ2n) is 7.21. The number of nitrogens with zero attached hydrogens (tertiary/aromatic N) is 2. The Hall–Kier alpha value is -3.32. The summed E-state index contributed by atoms with van der Waals surface area (Å²) in [6, 6.07) is 16.1. The lowest BCUT2D eigenvalue weighted by atomic mass is 10.0. The van der Waals surface area contributed by atoms with Crippen LogP contribution in [0.5, 0.6) is 0 Å². The molecule has 154 valence electrons. The zero-order valence-corrected chi connectivity index (χ0v) is 17.8. The molecule has 3 aromatic rings. The van der Waals surface area contributed by atoms with Crippen molar-refractivity contribution < 1.29 is 14.7 Å². The lowest BCUT2D eigenvalue weighted by Gasteiger charge is -2.27. The lowest BCUT2D eigenvalue weighted by molar-refractivity contribution is 0.0703. The molecule has 0 unspecified atom stereocenters. The van der Waals surface area contributed by atoms with E-state index in [1.165, 1.54) is 4.90 Å². The van der Waals surface area contributed by atoms with Gasteiger partial charge in [-0.15, -0.1) is 11.3 Å². The van der Waals surface area contributed by atoms with Crippen molar-refractivity contribution in [2.45, 2.75) is 33.4 Å². The number of carboxylic acid groups (broad SMARTS) is 1. The van der Waals surface area contributed by atoms with Crippen molar-refractivity contribution in [3.63, 3.8) is 0 Å².